The van der Waals surface area contributed by atoms with Crippen LogP contribution in [0, 0.1) is 5.92 Å². The molecule has 0 bridgehead atoms. The number of amides is 1. The van der Waals surface area contributed by atoms with Gasteiger partial charge in [-0.05, 0) is 31.2 Å². The molecule has 1 aromatic rings. The zero-order valence-corrected chi connectivity index (χ0v) is 13.5. The molecule has 3 unspecified atom stereocenters. The number of carbonyl (C=O) groups is 1. The van der Waals surface area contributed by atoms with E-state index < -0.39 is 0 Å². The molecule has 0 aromatic carbocycles. The maximum atomic E-state index is 12.4. The van der Waals surface area contributed by atoms with Gasteiger partial charge in [0.25, 0.3) is 0 Å². The highest BCUT2D eigenvalue weighted by molar-refractivity contribution is 5.82. The molecule has 2 N–H and O–H groups in total. The van der Waals surface area contributed by atoms with E-state index in [4.69, 9.17) is 0 Å². The second-order valence-corrected chi connectivity index (χ2v) is 6.70. The first-order valence-corrected chi connectivity index (χ1v) is 8.30. The fraction of sp³-hybridized carbons (Fsp3) is 0.647. The van der Waals surface area contributed by atoms with Crippen molar-refractivity contribution in [1.82, 2.24) is 15.6 Å². The van der Waals surface area contributed by atoms with Gasteiger partial charge in [-0.25, -0.2) is 4.98 Å². The van der Waals surface area contributed by atoms with Gasteiger partial charge < -0.3 is 15.5 Å². The zero-order chi connectivity index (χ0) is 15.5. The maximum Gasteiger partial charge on any atom is 0.237 e. The lowest BCUT2D eigenvalue weighted by molar-refractivity contribution is -0.123. The van der Waals surface area contributed by atoms with Crippen LogP contribution in [-0.4, -0.2) is 37.1 Å². The van der Waals surface area contributed by atoms with Gasteiger partial charge in [-0.3, -0.25) is 4.79 Å². The Morgan fingerprint density at radius 3 is 3.00 bits per heavy atom. The van der Waals surface area contributed by atoms with Crippen LogP contribution >= 0.6 is 0 Å². The molecule has 0 spiro atoms. The molecule has 1 saturated carbocycles. The fourth-order valence-electron chi connectivity index (χ4n) is 3.80. The Hall–Kier alpha value is -1.62. The Labute approximate surface area is 132 Å². The SMILES string of the molecule is CN(C)c1ncccc1CNC(=O)C1CC2CCCCC2N1. The summed E-state index contributed by atoms with van der Waals surface area (Å²) in [6.45, 7) is 0.535. The number of anilines is 1. The van der Waals surface area contributed by atoms with E-state index in [1.165, 1.54) is 25.7 Å². The Morgan fingerprint density at radius 1 is 1.41 bits per heavy atom. The number of carbonyl (C=O) groups excluding carboxylic acids is 1. The number of hydrogen-bond donors (Lipinski definition) is 2. The molecular formula is C17H26N4O. The number of nitrogens with zero attached hydrogens (tertiary/aromatic N) is 2. The van der Waals surface area contributed by atoms with Gasteiger partial charge in [0, 0.05) is 38.4 Å². The summed E-state index contributed by atoms with van der Waals surface area (Å²) in [4.78, 5) is 18.8. The molecule has 1 aliphatic carbocycles. The van der Waals surface area contributed by atoms with E-state index in [9.17, 15) is 4.79 Å². The molecule has 3 rings (SSSR count). The summed E-state index contributed by atoms with van der Waals surface area (Å²) >= 11 is 0. The second kappa shape index (κ2) is 6.65. The zero-order valence-electron chi connectivity index (χ0n) is 13.5. The number of rotatable bonds is 4. The number of hydrogen-bond acceptors (Lipinski definition) is 4. The normalized spacial score (nSPS) is 27.3. The third kappa shape index (κ3) is 3.24. The standard InChI is InChI=1S/C17H26N4O/c1-21(2)16-13(7-5-9-18-16)11-19-17(22)15-10-12-6-3-4-8-14(12)20-15/h5,7,9,12,14-15,20H,3-4,6,8,10-11H2,1-2H3,(H,19,22). The van der Waals surface area contributed by atoms with Gasteiger partial charge in [-0.1, -0.05) is 18.9 Å². The average Bonchev–Trinajstić information content (AvgIpc) is 2.97. The van der Waals surface area contributed by atoms with Crippen molar-refractivity contribution in [2.75, 3.05) is 19.0 Å². The van der Waals surface area contributed by atoms with Crippen molar-refractivity contribution in [3.63, 3.8) is 0 Å². The van der Waals surface area contributed by atoms with E-state index in [2.05, 4.69) is 15.6 Å². The smallest absolute Gasteiger partial charge is 0.237 e. The summed E-state index contributed by atoms with van der Waals surface area (Å²) in [5.74, 6) is 1.74. The van der Waals surface area contributed by atoms with Crippen LogP contribution in [0.3, 0.4) is 0 Å². The third-order valence-corrected chi connectivity index (χ3v) is 4.92. The van der Waals surface area contributed by atoms with Crippen LogP contribution in [0.15, 0.2) is 18.3 Å². The molecule has 120 valence electrons. The van der Waals surface area contributed by atoms with E-state index in [1.54, 1.807) is 6.20 Å². The van der Waals surface area contributed by atoms with Crippen molar-refractivity contribution in [1.29, 1.82) is 0 Å². The van der Waals surface area contributed by atoms with Crippen molar-refractivity contribution in [3.8, 4) is 0 Å². The minimum atomic E-state index is -0.0208. The monoisotopic (exact) mass is 302 g/mol. The lowest BCUT2D eigenvalue weighted by Crippen LogP contribution is -2.43. The molecule has 2 aliphatic rings. The third-order valence-electron chi connectivity index (χ3n) is 4.92. The molecule has 2 fully saturated rings. The van der Waals surface area contributed by atoms with Crippen molar-refractivity contribution >= 4 is 11.7 Å². The van der Waals surface area contributed by atoms with Gasteiger partial charge >= 0.3 is 0 Å². The quantitative estimate of drug-likeness (QED) is 0.888. The molecule has 5 heteroatoms. The molecule has 0 radical (unpaired) electrons. The van der Waals surface area contributed by atoms with E-state index in [0.717, 1.165) is 17.8 Å². The molecule has 1 amide bonds. The van der Waals surface area contributed by atoms with Crippen molar-refractivity contribution in [3.05, 3.63) is 23.9 Å². The summed E-state index contributed by atoms with van der Waals surface area (Å²) in [5, 5.41) is 6.61. The molecule has 1 aliphatic heterocycles. The molecular weight excluding hydrogens is 276 g/mol. The van der Waals surface area contributed by atoms with E-state index in [-0.39, 0.29) is 11.9 Å². The van der Waals surface area contributed by atoms with Crippen LogP contribution in [-0.2, 0) is 11.3 Å². The number of pyridine rings is 1. The van der Waals surface area contributed by atoms with Crippen LogP contribution in [0.5, 0.6) is 0 Å². The summed E-state index contributed by atoms with van der Waals surface area (Å²) in [7, 11) is 3.94. The van der Waals surface area contributed by atoms with E-state index in [0.29, 0.717) is 18.5 Å². The lowest BCUT2D eigenvalue weighted by Gasteiger charge is -2.24. The van der Waals surface area contributed by atoms with Crippen molar-refractivity contribution in [2.45, 2.75) is 50.7 Å². The molecule has 22 heavy (non-hydrogen) atoms. The fourth-order valence-corrected chi connectivity index (χ4v) is 3.80. The average molecular weight is 302 g/mol. The molecule has 5 nitrogen and oxygen atoms in total. The van der Waals surface area contributed by atoms with Crippen molar-refractivity contribution < 1.29 is 4.79 Å². The Balaban J connectivity index is 1.57. The van der Waals surface area contributed by atoms with Gasteiger partial charge in [0.2, 0.25) is 5.91 Å². The van der Waals surface area contributed by atoms with Gasteiger partial charge in [0.1, 0.15) is 5.82 Å². The number of aromatic nitrogens is 1. The van der Waals surface area contributed by atoms with E-state index in [1.807, 2.05) is 31.1 Å². The summed E-state index contributed by atoms with van der Waals surface area (Å²) in [6, 6.07) is 4.47. The largest absolute Gasteiger partial charge is 0.362 e. The first-order chi connectivity index (χ1) is 10.6. The lowest BCUT2D eigenvalue weighted by atomic mass is 9.85. The first-order valence-electron chi connectivity index (χ1n) is 8.30. The molecule has 1 aromatic heterocycles. The summed E-state index contributed by atoms with van der Waals surface area (Å²) < 4.78 is 0. The van der Waals surface area contributed by atoms with Gasteiger partial charge in [-0.2, -0.15) is 0 Å². The Kier molecular flexibility index (Phi) is 4.62. The molecule has 2 heterocycles. The predicted molar refractivity (Wildman–Crippen MR) is 87.7 cm³/mol. The second-order valence-electron chi connectivity index (χ2n) is 6.70. The Morgan fingerprint density at radius 2 is 2.23 bits per heavy atom. The number of fused-ring (bicyclic) bond motifs is 1. The topological polar surface area (TPSA) is 57.3 Å². The van der Waals surface area contributed by atoms with Gasteiger partial charge in [0.05, 0.1) is 6.04 Å². The minimum Gasteiger partial charge on any atom is -0.362 e. The molecule has 1 saturated heterocycles. The van der Waals surface area contributed by atoms with Gasteiger partial charge in [0.15, 0.2) is 0 Å². The van der Waals surface area contributed by atoms with Crippen molar-refractivity contribution in [2.24, 2.45) is 5.92 Å². The number of nitrogens with one attached hydrogen (secondary N) is 2. The van der Waals surface area contributed by atoms with Crippen LogP contribution in [0.2, 0.25) is 0 Å². The minimum absolute atomic E-state index is 0.0208. The van der Waals surface area contributed by atoms with Crippen LogP contribution < -0.4 is 15.5 Å². The summed E-state index contributed by atoms with van der Waals surface area (Å²) in [5.41, 5.74) is 1.05. The van der Waals surface area contributed by atoms with Crippen LogP contribution in [0.25, 0.3) is 0 Å². The van der Waals surface area contributed by atoms with Gasteiger partial charge in [-0.15, -0.1) is 0 Å². The highest BCUT2D eigenvalue weighted by Crippen LogP contribution is 2.33. The highest BCUT2D eigenvalue weighted by atomic mass is 16.2. The molecule has 3 atom stereocenters. The predicted octanol–water partition coefficient (Wildman–Crippen LogP) is 1.68. The first kappa shape index (κ1) is 15.3. The summed E-state index contributed by atoms with van der Waals surface area (Å²) in [6.07, 6.45) is 7.88. The highest BCUT2D eigenvalue weighted by Gasteiger charge is 2.38. The Bertz CT molecular complexity index is 517. The van der Waals surface area contributed by atoms with Crippen LogP contribution in [0.4, 0.5) is 5.82 Å². The van der Waals surface area contributed by atoms with E-state index >= 15 is 0 Å². The van der Waals surface area contributed by atoms with Crippen LogP contribution in [0.1, 0.15) is 37.7 Å². The maximum absolute atomic E-state index is 12.4.